The molecule has 0 aromatic heterocycles. The maximum Gasteiger partial charge on any atom is 0.120 e. The molecular formula is C10H15NO. The molecule has 0 aliphatic carbocycles. The van der Waals surface area contributed by atoms with Crippen LogP contribution in [-0.4, -0.2) is 12.2 Å². The van der Waals surface area contributed by atoms with Gasteiger partial charge in [0.05, 0.1) is 0 Å². The number of phenols is 1. The van der Waals surface area contributed by atoms with Gasteiger partial charge in [-0.05, 0) is 27.0 Å². The standard InChI is InChI=1S/C10H15NO/c1-7-4-5-10(12)9(6-7)8(2)11-3/h4-6,8,11-12H,1-3H3/t8-/m0/s1. The van der Waals surface area contributed by atoms with Gasteiger partial charge in [0.2, 0.25) is 0 Å². The van der Waals surface area contributed by atoms with Crippen LogP contribution in [0.1, 0.15) is 24.1 Å². The van der Waals surface area contributed by atoms with Crippen molar-refractivity contribution < 1.29 is 5.11 Å². The van der Waals surface area contributed by atoms with Crippen molar-refractivity contribution in [3.63, 3.8) is 0 Å². The van der Waals surface area contributed by atoms with Crippen LogP contribution in [0.4, 0.5) is 0 Å². The van der Waals surface area contributed by atoms with E-state index in [4.69, 9.17) is 0 Å². The quantitative estimate of drug-likeness (QED) is 0.702. The van der Waals surface area contributed by atoms with Crippen LogP contribution in [0, 0.1) is 6.92 Å². The van der Waals surface area contributed by atoms with Gasteiger partial charge in [0.1, 0.15) is 5.75 Å². The fourth-order valence-electron chi connectivity index (χ4n) is 1.18. The van der Waals surface area contributed by atoms with Gasteiger partial charge < -0.3 is 10.4 Å². The molecule has 2 nitrogen and oxygen atoms in total. The first-order valence-corrected chi connectivity index (χ1v) is 4.12. The maximum absolute atomic E-state index is 9.50. The van der Waals surface area contributed by atoms with Crippen molar-refractivity contribution in [2.75, 3.05) is 7.05 Å². The average molecular weight is 165 g/mol. The van der Waals surface area contributed by atoms with E-state index in [2.05, 4.69) is 5.32 Å². The van der Waals surface area contributed by atoms with Crippen molar-refractivity contribution in [1.29, 1.82) is 0 Å². The van der Waals surface area contributed by atoms with E-state index >= 15 is 0 Å². The molecule has 1 aromatic rings. The number of aryl methyl sites for hydroxylation is 1. The lowest BCUT2D eigenvalue weighted by molar-refractivity contribution is 0.457. The third-order valence-electron chi connectivity index (χ3n) is 2.08. The molecule has 0 saturated carbocycles. The highest BCUT2D eigenvalue weighted by Crippen LogP contribution is 2.24. The number of nitrogens with one attached hydrogen (secondary N) is 1. The first kappa shape index (κ1) is 9.07. The monoisotopic (exact) mass is 165 g/mol. The number of hydrogen-bond donors (Lipinski definition) is 2. The lowest BCUT2D eigenvalue weighted by Gasteiger charge is -2.12. The number of benzene rings is 1. The second-order valence-electron chi connectivity index (χ2n) is 3.07. The van der Waals surface area contributed by atoms with Gasteiger partial charge in [-0.1, -0.05) is 17.7 Å². The number of phenolic OH excluding ortho intramolecular Hbond substituents is 1. The molecule has 0 aliphatic heterocycles. The summed E-state index contributed by atoms with van der Waals surface area (Å²) in [4.78, 5) is 0. The van der Waals surface area contributed by atoms with Crippen LogP contribution in [0.5, 0.6) is 5.75 Å². The van der Waals surface area contributed by atoms with E-state index < -0.39 is 0 Å². The first-order valence-electron chi connectivity index (χ1n) is 4.12. The Morgan fingerprint density at radius 2 is 2.08 bits per heavy atom. The van der Waals surface area contributed by atoms with Crippen LogP contribution in [0.2, 0.25) is 0 Å². The van der Waals surface area contributed by atoms with Gasteiger partial charge in [-0.25, -0.2) is 0 Å². The zero-order valence-electron chi connectivity index (χ0n) is 7.76. The van der Waals surface area contributed by atoms with Crippen LogP contribution in [0.3, 0.4) is 0 Å². The summed E-state index contributed by atoms with van der Waals surface area (Å²) in [6.45, 7) is 4.04. The predicted molar refractivity (Wildman–Crippen MR) is 50.3 cm³/mol. The molecule has 0 fully saturated rings. The topological polar surface area (TPSA) is 32.3 Å². The minimum Gasteiger partial charge on any atom is -0.508 e. The van der Waals surface area contributed by atoms with Gasteiger partial charge in [-0.15, -0.1) is 0 Å². The van der Waals surface area contributed by atoms with Crippen molar-refractivity contribution in [1.82, 2.24) is 5.32 Å². The van der Waals surface area contributed by atoms with Gasteiger partial charge >= 0.3 is 0 Å². The predicted octanol–water partition coefficient (Wildman–Crippen LogP) is 1.98. The van der Waals surface area contributed by atoms with Gasteiger partial charge in [-0.2, -0.15) is 0 Å². The van der Waals surface area contributed by atoms with Crippen molar-refractivity contribution in [3.8, 4) is 5.75 Å². The van der Waals surface area contributed by atoms with E-state index in [1.807, 2.05) is 33.0 Å². The van der Waals surface area contributed by atoms with Gasteiger partial charge in [0.25, 0.3) is 0 Å². The van der Waals surface area contributed by atoms with Crippen molar-refractivity contribution >= 4 is 0 Å². The Balaban J connectivity index is 3.04. The zero-order chi connectivity index (χ0) is 9.14. The minimum atomic E-state index is 0.199. The number of aromatic hydroxyl groups is 1. The summed E-state index contributed by atoms with van der Waals surface area (Å²) in [5.74, 6) is 0.363. The van der Waals surface area contributed by atoms with Crippen molar-refractivity contribution in [3.05, 3.63) is 29.3 Å². The number of rotatable bonds is 2. The van der Waals surface area contributed by atoms with Crippen LogP contribution in [0.25, 0.3) is 0 Å². The van der Waals surface area contributed by atoms with E-state index in [0.29, 0.717) is 5.75 Å². The third-order valence-corrected chi connectivity index (χ3v) is 2.08. The summed E-state index contributed by atoms with van der Waals surface area (Å²) in [5.41, 5.74) is 2.13. The first-order chi connectivity index (χ1) is 5.65. The summed E-state index contributed by atoms with van der Waals surface area (Å²) < 4.78 is 0. The maximum atomic E-state index is 9.50. The molecule has 1 rings (SSSR count). The number of hydrogen-bond acceptors (Lipinski definition) is 2. The fraction of sp³-hybridized carbons (Fsp3) is 0.400. The molecule has 1 aromatic carbocycles. The molecule has 0 saturated heterocycles. The molecular weight excluding hydrogens is 150 g/mol. The lowest BCUT2D eigenvalue weighted by Crippen LogP contribution is -2.12. The van der Waals surface area contributed by atoms with E-state index in [9.17, 15) is 5.11 Å². The Bertz CT molecular complexity index is 271. The highest BCUT2D eigenvalue weighted by Gasteiger charge is 2.07. The Labute approximate surface area is 73.2 Å². The van der Waals surface area contributed by atoms with E-state index in [1.54, 1.807) is 6.07 Å². The molecule has 0 spiro atoms. The van der Waals surface area contributed by atoms with E-state index in [0.717, 1.165) is 5.56 Å². The Morgan fingerprint density at radius 1 is 1.42 bits per heavy atom. The van der Waals surface area contributed by atoms with Crippen LogP contribution in [-0.2, 0) is 0 Å². The summed E-state index contributed by atoms with van der Waals surface area (Å²) >= 11 is 0. The van der Waals surface area contributed by atoms with Crippen LogP contribution in [0.15, 0.2) is 18.2 Å². The van der Waals surface area contributed by atoms with E-state index in [1.165, 1.54) is 5.56 Å². The van der Waals surface area contributed by atoms with Gasteiger partial charge in [-0.3, -0.25) is 0 Å². The summed E-state index contributed by atoms with van der Waals surface area (Å²) in [5, 5.41) is 12.6. The summed E-state index contributed by atoms with van der Waals surface area (Å²) in [6, 6.07) is 5.83. The summed E-state index contributed by atoms with van der Waals surface area (Å²) in [7, 11) is 1.88. The average Bonchev–Trinajstić information content (AvgIpc) is 2.08. The van der Waals surface area contributed by atoms with Gasteiger partial charge in [0, 0.05) is 11.6 Å². The zero-order valence-corrected chi connectivity index (χ0v) is 7.76. The van der Waals surface area contributed by atoms with Crippen LogP contribution >= 0.6 is 0 Å². The molecule has 2 N–H and O–H groups in total. The molecule has 0 aliphatic rings. The highest BCUT2D eigenvalue weighted by atomic mass is 16.3. The smallest absolute Gasteiger partial charge is 0.120 e. The molecule has 0 radical (unpaired) electrons. The molecule has 1 atom stereocenters. The van der Waals surface area contributed by atoms with Crippen molar-refractivity contribution in [2.45, 2.75) is 19.9 Å². The van der Waals surface area contributed by atoms with Gasteiger partial charge in [0.15, 0.2) is 0 Å². The van der Waals surface area contributed by atoms with Crippen LogP contribution < -0.4 is 5.32 Å². The molecule has 0 amide bonds. The van der Waals surface area contributed by atoms with Crippen molar-refractivity contribution in [2.24, 2.45) is 0 Å². The molecule has 0 heterocycles. The Kier molecular flexibility index (Phi) is 2.71. The largest absolute Gasteiger partial charge is 0.508 e. The Morgan fingerprint density at radius 3 is 2.67 bits per heavy atom. The Hall–Kier alpha value is -1.02. The third kappa shape index (κ3) is 1.77. The second kappa shape index (κ2) is 3.59. The highest BCUT2D eigenvalue weighted by molar-refractivity contribution is 5.37. The molecule has 0 bridgehead atoms. The minimum absolute atomic E-state index is 0.199. The fourth-order valence-corrected chi connectivity index (χ4v) is 1.18. The molecule has 66 valence electrons. The van der Waals surface area contributed by atoms with E-state index in [-0.39, 0.29) is 6.04 Å². The summed E-state index contributed by atoms with van der Waals surface area (Å²) in [6.07, 6.45) is 0. The SMILES string of the molecule is CN[C@@H](C)c1cc(C)ccc1O. The normalized spacial score (nSPS) is 12.9. The second-order valence-corrected chi connectivity index (χ2v) is 3.07. The molecule has 0 unspecified atom stereocenters. The molecule has 12 heavy (non-hydrogen) atoms. The molecule has 2 heteroatoms. The lowest BCUT2D eigenvalue weighted by atomic mass is 10.0.